The van der Waals surface area contributed by atoms with Crippen LogP contribution in [0, 0.1) is 0 Å². The number of carbonyl (C=O) groups excluding carboxylic acids is 1. The van der Waals surface area contributed by atoms with Gasteiger partial charge in [-0.2, -0.15) is 0 Å². The van der Waals surface area contributed by atoms with E-state index < -0.39 is 0 Å². The molecule has 2 heterocycles. The first-order chi connectivity index (χ1) is 10.6. The lowest BCUT2D eigenvalue weighted by Crippen LogP contribution is -2.45. The Hall–Kier alpha value is -1.95. The van der Waals surface area contributed by atoms with Crippen LogP contribution in [0.2, 0.25) is 0 Å². The molecule has 6 nitrogen and oxygen atoms in total. The summed E-state index contributed by atoms with van der Waals surface area (Å²) >= 11 is 0. The first-order valence-electron chi connectivity index (χ1n) is 7.73. The molecule has 1 fully saturated rings. The molecule has 2 aliphatic heterocycles. The van der Waals surface area contributed by atoms with Crippen LogP contribution in [0.15, 0.2) is 18.2 Å². The van der Waals surface area contributed by atoms with Crippen molar-refractivity contribution in [3.05, 3.63) is 18.2 Å². The molecule has 2 atom stereocenters. The largest absolute Gasteiger partial charge is 0.486 e. The van der Waals surface area contributed by atoms with Crippen molar-refractivity contribution in [1.29, 1.82) is 0 Å². The van der Waals surface area contributed by atoms with Gasteiger partial charge in [-0.25, -0.2) is 4.79 Å². The van der Waals surface area contributed by atoms with Gasteiger partial charge in [0.15, 0.2) is 11.5 Å². The monoisotopic (exact) mass is 306 g/mol. The van der Waals surface area contributed by atoms with E-state index >= 15 is 0 Å². The average molecular weight is 306 g/mol. The molecule has 0 saturated carbocycles. The molecule has 1 aromatic carbocycles. The summed E-state index contributed by atoms with van der Waals surface area (Å²) in [4.78, 5) is 12.1. The number of amides is 2. The molecule has 2 unspecified atom stereocenters. The molecule has 0 aliphatic carbocycles. The molecule has 22 heavy (non-hydrogen) atoms. The first kappa shape index (κ1) is 15.0. The van der Waals surface area contributed by atoms with Gasteiger partial charge in [0.1, 0.15) is 13.2 Å². The smallest absolute Gasteiger partial charge is 0.319 e. The third-order valence-electron chi connectivity index (χ3n) is 3.83. The number of benzene rings is 1. The third kappa shape index (κ3) is 3.62. The SMILES string of the molecule is CC1CC(NC(=O)Nc2ccc3c(c2)OCCO3)CC(C)O1. The molecule has 0 radical (unpaired) electrons. The zero-order chi connectivity index (χ0) is 15.5. The Kier molecular flexibility index (Phi) is 4.38. The minimum Gasteiger partial charge on any atom is -0.486 e. The highest BCUT2D eigenvalue weighted by molar-refractivity contribution is 5.89. The third-order valence-corrected chi connectivity index (χ3v) is 3.83. The van der Waals surface area contributed by atoms with Crippen molar-refractivity contribution in [2.24, 2.45) is 0 Å². The zero-order valence-electron chi connectivity index (χ0n) is 12.9. The van der Waals surface area contributed by atoms with Crippen LogP contribution in [0.25, 0.3) is 0 Å². The van der Waals surface area contributed by atoms with Gasteiger partial charge < -0.3 is 24.8 Å². The molecule has 6 heteroatoms. The molecular formula is C16H22N2O4. The summed E-state index contributed by atoms with van der Waals surface area (Å²) in [5, 5.41) is 5.85. The number of fused-ring (bicyclic) bond motifs is 1. The molecule has 3 rings (SSSR count). The minimum atomic E-state index is -0.206. The van der Waals surface area contributed by atoms with Crippen molar-refractivity contribution in [3.8, 4) is 11.5 Å². The van der Waals surface area contributed by atoms with Crippen molar-refractivity contribution in [2.75, 3.05) is 18.5 Å². The van der Waals surface area contributed by atoms with Gasteiger partial charge in [-0.3, -0.25) is 0 Å². The molecule has 0 bridgehead atoms. The van der Waals surface area contributed by atoms with Crippen molar-refractivity contribution in [2.45, 2.75) is 44.9 Å². The van der Waals surface area contributed by atoms with Gasteiger partial charge in [-0.1, -0.05) is 0 Å². The normalized spacial score (nSPS) is 27.1. The number of anilines is 1. The molecular weight excluding hydrogens is 284 g/mol. The summed E-state index contributed by atoms with van der Waals surface area (Å²) in [5.74, 6) is 1.38. The highest BCUT2D eigenvalue weighted by Crippen LogP contribution is 2.32. The van der Waals surface area contributed by atoms with Crippen LogP contribution in [0.3, 0.4) is 0 Å². The Balaban J connectivity index is 1.57. The number of hydrogen-bond acceptors (Lipinski definition) is 4. The maximum absolute atomic E-state index is 12.1. The number of urea groups is 1. The van der Waals surface area contributed by atoms with Gasteiger partial charge in [0.05, 0.1) is 12.2 Å². The number of carbonyl (C=O) groups is 1. The molecule has 1 aromatic rings. The average Bonchev–Trinajstić information content (AvgIpc) is 2.45. The number of nitrogens with one attached hydrogen (secondary N) is 2. The van der Waals surface area contributed by atoms with Gasteiger partial charge in [-0.05, 0) is 38.8 Å². The summed E-state index contributed by atoms with van der Waals surface area (Å²) < 4.78 is 16.6. The van der Waals surface area contributed by atoms with E-state index in [9.17, 15) is 4.79 Å². The Morgan fingerprint density at radius 3 is 2.50 bits per heavy atom. The van der Waals surface area contributed by atoms with Crippen molar-refractivity contribution < 1.29 is 19.0 Å². The van der Waals surface area contributed by atoms with Crippen LogP contribution in [0.1, 0.15) is 26.7 Å². The van der Waals surface area contributed by atoms with Crippen LogP contribution >= 0.6 is 0 Å². The predicted octanol–water partition coefficient (Wildman–Crippen LogP) is 2.54. The summed E-state index contributed by atoms with van der Waals surface area (Å²) in [7, 11) is 0. The molecule has 2 N–H and O–H groups in total. The van der Waals surface area contributed by atoms with E-state index in [0.717, 1.165) is 12.8 Å². The van der Waals surface area contributed by atoms with Crippen molar-refractivity contribution in [3.63, 3.8) is 0 Å². The highest BCUT2D eigenvalue weighted by atomic mass is 16.6. The zero-order valence-corrected chi connectivity index (χ0v) is 12.9. The summed E-state index contributed by atoms with van der Waals surface area (Å²) in [6.07, 6.45) is 2.00. The van der Waals surface area contributed by atoms with Crippen LogP contribution < -0.4 is 20.1 Å². The maximum Gasteiger partial charge on any atom is 0.319 e. The van der Waals surface area contributed by atoms with E-state index in [0.29, 0.717) is 30.4 Å². The van der Waals surface area contributed by atoms with Gasteiger partial charge >= 0.3 is 6.03 Å². The molecule has 2 aliphatic rings. The Labute approximate surface area is 130 Å². The van der Waals surface area contributed by atoms with Crippen molar-refractivity contribution >= 4 is 11.7 Å². The van der Waals surface area contributed by atoms with E-state index in [2.05, 4.69) is 10.6 Å². The number of rotatable bonds is 2. The van der Waals surface area contributed by atoms with Gasteiger partial charge in [0, 0.05) is 17.8 Å². The van der Waals surface area contributed by atoms with E-state index in [1.54, 1.807) is 6.07 Å². The van der Waals surface area contributed by atoms with Gasteiger partial charge in [0.25, 0.3) is 0 Å². The Bertz CT molecular complexity index is 539. The second kappa shape index (κ2) is 6.44. The second-order valence-corrected chi connectivity index (χ2v) is 5.88. The lowest BCUT2D eigenvalue weighted by Gasteiger charge is -2.32. The minimum absolute atomic E-state index is 0.135. The Morgan fingerprint density at radius 1 is 1.09 bits per heavy atom. The summed E-state index contributed by atoms with van der Waals surface area (Å²) in [6.45, 7) is 5.15. The first-order valence-corrected chi connectivity index (χ1v) is 7.73. The lowest BCUT2D eigenvalue weighted by molar-refractivity contribution is -0.0400. The molecule has 0 aromatic heterocycles. The van der Waals surface area contributed by atoms with Crippen LogP contribution in [0.4, 0.5) is 10.5 Å². The fraction of sp³-hybridized carbons (Fsp3) is 0.562. The summed E-state index contributed by atoms with van der Waals surface area (Å²) in [5.41, 5.74) is 0.690. The van der Waals surface area contributed by atoms with E-state index in [1.807, 2.05) is 26.0 Å². The highest BCUT2D eigenvalue weighted by Gasteiger charge is 2.25. The fourth-order valence-electron chi connectivity index (χ4n) is 3.00. The maximum atomic E-state index is 12.1. The van der Waals surface area contributed by atoms with E-state index in [1.165, 1.54) is 0 Å². The lowest BCUT2D eigenvalue weighted by atomic mass is 10.0. The van der Waals surface area contributed by atoms with Gasteiger partial charge in [-0.15, -0.1) is 0 Å². The van der Waals surface area contributed by atoms with E-state index in [-0.39, 0.29) is 24.3 Å². The molecule has 2 amide bonds. The summed E-state index contributed by atoms with van der Waals surface area (Å²) in [6, 6.07) is 5.33. The quantitative estimate of drug-likeness (QED) is 0.881. The van der Waals surface area contributed by atoms with Crippen LogP contribution in [0.5, 0.6) is 11.5 Å². The Morgan fingerprint density at radius 2 is 1.77 bits per heavy atom. The molecule has 1 saturated heterocycles. The van der Waals surface area contributed by atoms with Gasteiger partial charge in [0.2, 0.25) is 0 Å². The fourth-order valence-corrected chi connectivity index (χ4v) is 3.00. The number of hydrogen-bond donors (Lipinski definition) is 2. The molecule has 120 valence electrons. The topological polar surface area (TPSA) is 68.8 Å². The predicted molar refractivity (Wildman–Crippen MR) is 82.6 cm³/mol. The standard InChI is InChI=1S/C16H22N2O4/c1-10-7-13(8-11(2)22-10)18-16(19)17-12-3-4-14-15(9-12)21-6-5-20-14/h3-4,9-11,13H,5-8H2,1-2H3,(H2,17,18,19). The van der Waals surface area contributed by atoms with Crippen LogP contribution in [-0.2, 0) is 4.74 Å². The molecule has 0 spiro atoms. The van der Waals surface area contributed by atoms with E-state index in [4.69, 9.17) is 14.2 Å². The number of ether oxygens (including phenoxy) is 3. The van der Waals surface area contributed by atoms with Crippen molar-refractivity contribution in [1.82, 2.24) is 5.32 Å². The van der Waals surface area contributed by atoms with Crippen LogP contribution in [-0.4, -0.2) is 37.5 Å². The second-order valence-electron chi connectivity index (χ2n) is 5.88.